The topological polar surface area (TPSA) is 87.4 Å². The summed E-state index contributed by atoms with van der Waals surface area (Å²) in [5.74, 6) is -3.98. The Morgan fingerprint density at radius 3 is 1.85 bits per heavy atom. The third-order valence-electron chi connectivity index (χ3n) is 8.18. The van der Waals surface area contributed by atoms with Gasteiger partial charge in [0.05, 0.1) is 18.6 Å². The van der Waals surface area contributed by atoms with Crippen LogP contribution in [0.3, 0.4) is 0 Å². The molecule has 1 N–H and O–H groups in total. The van der Waals surface area contributed by atoms with Gasteiger partial charge in [-0.25, -0.2) is 0 Å². The Morgan fingerprint density at radius 1 is 0.825 bits per heavy atom. The average molecular weight is 530 g/mol. The fourth-order valence-corrected chi connectivity index (χ4v) is 6.42. The second-order valence-corrected chi connectivity index (χ2v) is 10.3. The van der Waals surface area contributed by atoms with E-state index < -0.39 is 34.7 Å². The first-order valence-electron chi connectivity index (χ1n) is 13.5. The summed E-state index contributed by atoms with van der Waals surface area (Å²) in [4.78, 5) is 28.7. The number of carbonyl (C=O) groups is 2. The maximum Gasteiger partial charge on any atom is 0.327 e. The fourth-order valence-electron chi connectivity index (χ4n) is 6.42. The van der Waals surface area contributed by atoms with Crippen LogP contribution in [0.15, 0.2) is 121 Å². The summed E-state index contributed by atoms with van der Waals surface area (Å²) < 4.78 is 5.63. The molecular weight excluding hydrogens is 498 g/mol. The van der Waals surface area contributed by atoms with Crippen LogP contribution in [0.2, 0.25) is 0 Å². The number of aliphatic hydroxyl groups is 1. The van der Waals surface area contributed by atoms with Crippen molar-refractivity contribution in [3.8, 4) is 6.07 Å². The molecule has 0 spiro atoms. The molecular formula is C35H31NO4. The largest absolute Gasteiger partial charge is 0.465 e. The zero-order valence-electron chi connectivity index (χ0n) is 22.3. The molecule has 0 radical (unpaired) electrons. The Balaban J connectivity index is 1.88. The molecule has 5 rings (SSSR count). The molecule has 1 aliphatic carbocycles. The molecule has 5 atom stereocenters. The lowest BCUT2D eigenvalue weighted by molar-refractivity contribution is -0.164. The van der Waals surface area contributed by atoms with Crippen molar-refractivity contribution in [3.63, 3.8) is 0 Å². The van der Waals surface area contributed by atoms with Crippen molar-refractivity contribution in [2.75, 3.05) is 6.61 Å². The molecule has 5 heteroatoms. The summed E-state index contributed by atoms with van der Waals surface area (Å²) in [7, 11) is 0. The Labute approximate surface area is 234 Å². The maximum atomic E-state index is 14.6. The van der Waals surface area contributed by atoms with Gasteiger partial charge in [-0.15, -0.1) is 0 Å². The van der Waals surface area contributed by atoms with Crippen LogP contribution in [0.5, 0.6) is 0 Å². The van der Waals surface area contributed by atoms with Gasteiger partial charge in [-0.2, -0.15) is 5.26 Å². The lowest BCUT2D eigenvalue weighted by atomic mass is 9.47. The molecule has 5 nitrogen and oxygen atoms in total. The number of Topliss-reactive ketones (excluding diaryl/α,β-unsaturated/α-hetero) is 1. The molecule has 0 aromatic heterocycles. The van der Waals surface area contributed by atoms with Gasteiger partial charge in [0.25, 0.3) is 0 Å². The first-order chi connectivity index (χ1) is 19.5. The van der Waals surface area contributed by atoms with Crippen LogP contribution >= 0.6 is 0 Å². The smallest absolute Gasteiger partial charge is 0.327 e. The van der Waals surface area contributed by atoms with E-state index in [1.54, 1.807) is 43.3 Å². The standard InChI is InChI=1S/C35H31NO4/c1-2-40-33(38)34(24-36)29(25-15-7-3-8-16-25)23-35(39,28-21-13-6-14-22-28)31(30(34)26-17-9-4-10-18-26)32(37)27-19-11-5-12-20-27/h3-22,29-31,39H,2,23H2,1H3/t29-,30+,31-,34+,35-/m0/s1. The minimum Gasteiger partial charge on any atom is -0.465 e. The van der Waals surface area contributed by atoms with E-state index in [-0.39, 0.29) is 18.8 Å². The minimum atomic E-state index is -1.80. The van der Waals surface area contributed by atoms with E-state index in [0.717, 1.165) is 5.56 Å². The number of carbonyl (C=O) groups excluding carboxylic acids is 2. The highest BCUT2D eigenvalue weighted by molar-refractivity contribution is 6.00. The highest BCUT2D eigenvalue weighted by Crippen LogP contribution is 2.63. The molecule has 1 fully saturated rings. The van der Waals surface area contributed by atoms with Crippen molar-refractivity contribution >= 4 is 11.8 Å². The molecule has 1 saturated carbocycles. The lowest BCUT2D eigenvalue weighted by Gasteiger charge is -2.54. The zero-order valence-corrected chi connectivity index (χ0v) is 22.3. The summed E-state index contributed by atoms with van der Waals surface area (Å²) in [6.45, 7) is 1.78. The van der Waals surface area contributed by atoms with Crippen molar-refractivity contribution in [2.24, 2.45) is 11.3 Å². The zero-order chi connectivity index (χ0) is 28.2. The van der Waals surface area contributed by atoms with E-state index in [9.17, 15) is 20.0 Å². The van der Waals surface area contributed by atoms with Crippen molar-refractivity contribution in [3.05, 3.63) is 144 Å². The van der Waals surface area contributed by atoms with Gasteiger partial charge >= 0.3 is 5.97 Å². The average Bonchev–Trinajstić information content (AvgIpc) is 3.02. The number of ether oxygens (including phenoxy) is 1. The van der Waals surface area contributed by atoms with Gasteiger partial charge in [-0.3, -0.25) is 9.59 Å². The number of rotatable bonds is 7. The first kappa shape index (κ1) is 27.1. The lowest BCUT2D eigenvalue weighted by Crippen LogP contribution is -2.59. The van der Waals surface area contributed by atoms with Gasteiger partial charge in [0.15, 0.2) is 11.2 Å². The number of ketones is 1. The summed E-state index contributed by atoms with van der Waals surface area (Å²) in [6.07, 6.45) is -0.0278. The third kappa shape index (κ3) is 4.51. The molecule has 0 aliphatic heterocycles. The van der Waals surface area contributed by atoms with Crippen LogP contribution in [0.25, 0.3) is 0 Å². The van der Waals surface area contributed by atoms with Gasteiger partial charge in [0, 0.05) is 17.4 Å². The van der Waals surface area contributed by atoms with Gasteiger partial charge in [-0.05, 0) is 30.0 Å². The summed E-state index contributed by atoms with van der Waals surface area (Å²) in [6, 6.07) is 38.7. The normalized spacial score (nSPS) is 25.9. The quantitative estimate of drug-likeness (QED) is 0.221. The van der Waals surface area contributed by atoms with Crippen LogP contribution < -0.4 is 0 Å². The van der Waals surface area contributed by atoms with E-state index in [1.165, 1.54) is 0 Å². The number of esters is 1. The number of nitrogens with zero attached hydrogens (tertiary/aromatic N) is 1. The molecule has 0 saturated heterocycles. The van der Waals surface area contributed by atoms with Crippen molar-refractivity contribution in [1.82, 2.24) is 0 Å². The van der Waals surface area contributed by atoms with E-state index in [1.807, 2.05) is 84.9 Å². The van der Waals surface area contributed by atoms with Crippen molar-refractivity contribution in [2.45, 2.75) is 30.8 Å². The number of hydrogen-bond donors (Lipinski definition) is 1. The molecule has 1 aliphatic rings. The molecule has 4 aromatic carbocycles. The second-order valence-electron chi connectivity index (χ2n) is 10.3. The van der Waals surface area contributed by atoms with E-state index in [2.05, 4.69) is 6.07 Å². The van der Waals surface area contributed by atoms with Crippen molar-refractivity contribution in [1.29, 1.82) is 5.26 Å². The Bertz CT molecular complexity index is 1500. The highest BCUT2D eigenvalue weighted by Gasteiger charge is 2.67. The number of nitriles is 1. The molecule has 40 heavy (non-hydrogen) atoms. The summed E-state index contributed by atoms with van der Waals surface area (Å²) in [5.41, 5.74) is -1.21. The monoisotopic (exact) mass is 529 g/mol. The van der Waals surface area contributed by atoms with Gasteiger partial charge in [0.2, 0.25) is 0 Å². The van der Waals surface area contributed by atoms with Crippen LogP contribution in [0, 0.1) is 22.7 Å². The molecule has 4 aromatic rings. The van der Waals surface area contributed by atoms with Gasteiger partial charge in [-0.1, -0.05) is 121 Å². The number of benzene rings is 4. The number of hydrogen-bond acceptors (Lipinski definition) is 5. The minimum absolute atomic E-state index is 0.0278. The van der Waals surface area contributed by atoms with Crippen molar-refractivity contribution < 1.29 is 19.4 Å². The predicted octanol–water partition coefficient (Wildman–Crippen LogP) is 6.42. The van der Waals surface area contributed by atoms with Gasteiger partial charge in [0.1, 0.15) is 5.60 Å². The molecule has 0 unspecified atom stereocenters. The highest BCUT2D eigenvalue weighted by atomic mass is 16.5. The summed E-state index contributed by atoms with van der Waals surface area (Å²) in [5, 5.41) is 23.9. The molecule has 0 amide bonds. The maximum absolute atomic E-state index is 14.6. The second kappa shape index (κ2) is 11.3. The Morgan fingerprint density at radius 2 is 1.32 bits per heavy atom. The SMILES string of the molecule is CCOC(=O)[C@@]1(C#N)[C@H](c2ccccc2)[C@@H](C(=O)c2ccccc2)[C@@](O)(c2ccccc2)C[C@H]1c1ccccc1. The fraction of sp³-hybridized carbons (Fsp3) is 0.229. The predicted molar refractivity (Wildman–Crippen MR) is 152 cm³/mol. The Kier molecular flexibility index (Phi) is 7.64. The molecule has 200 valence electrons. The summed E-state index contributed by atoms with van der Waals surface area (Å²) >= 11 is 0. The van der Waals surface area contributed by atoms with Crippen LogP contribution in [-0.2, 0) is 15.1 Å². The Hall–Kier alpha value is -4.53. The van der Waals surface area contributed by atoms with Crippen LogP contribution in [0.4, 0.5) is 0 Å². The third-order valence-corrected chi connectivity index (χ3v) is 8.18. The molecule has 0 bridgehead atoms. The van der Waals surface area contributed by atoms with E-state index in [0.29, 0.717) is 16.7 Å². The van der Waals surface area contributed by atoms with E-state index >= 15 is 0 Å². The molecule has 0 heterocycles. The van der Waals surface area contributed by atoms with Gasteiger partial charge < -0.3 is 9.84 Å². The van der Waals surface area contributed by atoms with Crippen LogP contribution in [-0.4, -0.2) is 23.5 Å². The first-order valence-corrected chi connectivity index (χ1v) is 13.5. The van der Waals surface area contributed by atoms with Crippen LogP contribution in [0.1, 0.15) is 52.2 Å². The van der Waals surface area contributed by atoms with E-state index in [4.69, 9.17) is 4.74 Å².